The molecule has 0 aromatic rings. The van der Waals surface area contributed by atoms with Crippen molar-refractivity contribution < 1.29 is 28.7 Å². The van der Waals surface area contributed by atoms with Gasteiger partial charge in [-0.2, -0.15) is 0 Å². The zero-order valence-corrected chi connectivity index (χ0v) is 12.4. The maximum Gasteiger partial charge on any atom is 0.469 e. The molecule has 12 heteroatoms. The molecule has 3 rings (SSSR count). The van der Waals surface area contributed by atoms with Crippen LogP contribution in [-0.2, 0) is 13.8 Å². The fourth-order valence-electron chi connectivity index (χ4n) is 2.67. The topological polar surface area (TPSA) is 162 Å². The molecule has 0 radical (unpaired) electrons. The molecule has 2 fully saturated rings. The third kappa shape index (κ3) is 3.10. The number of phosphoric ester groups is 1. The number of phosphoric acid groups is 1. The lowest BCUT2D eigenvalue weighted by molar-refractivity contribution is -0.0796. The van der Waals surface area contributed by atoms with E-state index in [1.54, 1.807) is 0 Å². The molecule has 3 heterocycles. The van der Waals surface area contributed by atoms with E-state index in [4.69, 9.17) is 20.3 Å². The second-order valence-corrected chi connectivity index (χ2v) is 6.43. The quantitative estimate of drug-likeness (QED) is 0.303. The molecule has 3 aliphatic rings. The van der Waals surface area contributed by atoms with Crippen molar-refractivity contribution in [1.82, 2.24) is 15.5 Å². The molecule has 0 spiro atoms. The van der Waals surface area contributed by atoms with Gasteiger partial charge in [0.2, 0.25) is 0 Å². The van der Waals surface area contributed by atoms with Crippen LogP contribution >= 0.6 is 7.82 Å². The number of aliphatic hydroxyl groups excluding tert-OH is 1. The van der Waals surface area contributed by atoms with Crippen LogP contribution in [0.15, 0.2) is 16.5 Å². The number of nitrogens with one attached hydrogen (secondary N) is 2. The van der Waals surface area contributed by atoms with Crippen molar-refractivity contribution in [1.29, 1.82) is 0 Å². The van der Waals surface area contributed by atoms with Crippen molar-refractivity contribution in [2.75, 3.05) is 13.3 Å². The van der Waals surface area contributed by atoms with Crippen LogP contribution in [0.5, 0.6) is 0 Å². The average molecular weight is 335 g/mol. The largest absolute Gasteiger partial charge is 0.469 e. The molecule has 0 bridgehead atoms. The van der Waals surface area contributed by atoms with E-state index < -0.39 is 26.3 Å². The maximum absolute atomic E-state index is 10.7. The number of rotatable bonds is 4. The Morgan fingerprint density at radius 3 is 3.09 bits per heavy atom. The zero-order valence-electron chi connectivity index (χ0n) is 11.5. The molecule has 124 valence electrons. The second kappa shape index (κ2) is 5.78. The van der Waals surface area contributed by atoms with E-state index >= 15 is 0 Å². The summed E-state index contributed by atoms with van der Waals surface area (Å²) in [6.07, 6.45) is -0.716. The standard InChI is InChI=1S/C10H18N5O6P/c11-9-8-10(13-3-12-9)15(4-14-8)7-1-5(16)6(21-7)2-20-22(17,18)19/h3,5-7,10,14,16H,1-2,4,11H2,(H,12,13)(H2,17,18,19)/t5-,6+,7+,10?/m0/s1. The first-order valence-corrected chi connectivity index (χ1v) is 8.19. The average Bonchev–Trinajstić information content (AvgIpc) is 3.00. The molecule has 0 aromatic carbocycles. The minimum Gasteiger partial charge on any atom is -0.390 e. The van der Waals surface area contributed by atoms with Crippen molar-refractivity contribution >= 4 is 14.2 Å². The van der Waals surface area contributed by atoms with Gasteiger partial charge >= 0.3 is 7.82 Å². The summed E-state index contributed by atoms with van der Waals surface area (Å²) >= 11 is 0. The van der Waals surface area contributed by atoms with E-state index in [0.29, 0.717) is 12.5 Å². The van der Waals surface area contributed by atoms with Gasteiger partial charge in [0.25, 0.3) is 0 Å². The normalized spacial score (nSPS) is 35.4. The Balaban J connectivity index is 1.64. The molecule has 1 unspecified atom stereocenters. The van der Waals surface area contributed by atoms with Crippen molar-refractivity contribution in [3.8, 4) is 0 Å². The Morgan fingerprint density at radius 1 is 1.59 bits per heavy atom. The predicted octanol–water partition coefficient (Wildman–Crippen LogP) is -2.48. The Labute approximate surface area is 126 Å². The summed E-state index contributed by atoms with van der Waals surface area (Å²) in [5.41, 5.74) is 6.55. The lowest BCUT2D eigenvalue weighted by Gasteiger charge is -2.27. The van der Waals surface area contributed by atoms with Crippen LogP contribution in [0.3, 0.4) is 0 Å². The van der Waals surface area contributed by atoms with Crippen LogP contribution < -0.4 is 16.4 Å². The van der Waals surface area contributed by atoms with Crippen molar-refractivity contribution in [2.24, 2.45) is 10.7 Å². The van der Waals surface area contributed by atoms with Gasteiger partial charge in [0.15, 0.2) is 6.17 Å². The number of hydrogen-bond acceptors (Lipinski definition) is 9. The number of hydrogen-bond donors (Lipinski definition) is 6. The highest BCUT2D eigenvalue weighted by molar-refractivity contribution is 7.46. The molecular formula is C10H18N5O6P. The lowest BCUT2D eigenvalue weighted by Crippen LogP contribution is -2.41. The van der Waals surface area contributed by atoms with Crippen LogP contribution in [0.2, 0.25) is 0 Å². The van der Waals surface area contributed by atoms with Crippen LogP contribution in [0.25, 0.3) is 0 Å². The fourth-order valence-corrected chi connectivity index (χ4v) is 3.01. The van der Waals surface area contributed by atoms with Crippen LogP contribution in [0.1, 0.15) is 6.42 Å². The molecule has 7 N–H and O–H groups in total. The molecule has 2 saturated heterocycles. The van der Waals surface area contributed by atoms with Gasteiger partial charge in [0, 0.05) is 6.42 Å². The van der Waals surface area contributed by atoms with Gasteiger partial charge < -0.3 is 36.0 Å². The summed E-state index contributed by atoms with van der Waals surface area (Å²) in [5, 5.41) is 15.9. The summed E-state index contributed by atoms with van der Waals surface area (Å²) in [6, 6.07) is 0. The molecule has 0 aromatic heterocycles. The molecule has 22 heavy (non-hydrogen) atoms. The van der Waals surface area contributed by atoms with E-state index in [-0.39, 0.29) is 19.2 Å². The Morgan fingerprint density at radius 2 is 2.36 bits per heavy atom. The van der Waals surface area contributed by atoms with Gasteiger partial charge in [-0.25, -0.2) is 14.5 Å². The van der Waals surface area contributed by atoms with Gasteiger partial charge in [-0.05, 0) is 0 Å². The first-order chi connectivity index (χ1) is 10.3. The zero-order chi connectivity index (χ0) is 15.9. The van der Waals surface area contributed by atoms with E-state index in [1.807, 2.05) is 4.90 Å². The minimum absolute atomic E-state index is 0.281. The lowest BCUT2D eigenvalue weighted by atomic mass is 10.2. The third-order valence-electron chi connectivity index (χ3n) is 3.73. The van der Waals surface area contributed by atoms with Gasteiger partial charge in [0.1, 0.15) is 18.2 Å². The van der Waals surface area contributed by atoms with Crippen LogP contribution in [0.4, 0.5) is 0 Å². The monoisotopic (exact) mass is 335 g/mol. The first-order valence-electron chi connectivity index (χ1n) is 6.66. The number of aliphatic imine (C=N–C) groups is 1. The van der Waals surface area contributed by atoms with E-state index in [0.717, 1.165) is 5.70 Å². The molecule has 0 aliphatic carbocycles. The van der Waals surface area contributed by atoms with Crippen molar-refractivity contribution in [3.05, 3.63) is 11.5 Å². The predicted molar refractivity (Wildman–Crippen MR) is 73.8 cm³/mol. The summed E-state index contributed by atoms with van der Waals surface area (Å²) in [6.45, 7) is 0.0483. The van der Waals surface area contributed by atoms with Gasteiger partial charge in [0.05, 0.1) is 31.4 Å². The van der Waals surface area contributed by atoms with E-state index in [1.165, 1.54) is 6.34 Å². The first kappa shape index (κ1) is 15.7. The summed E-state index contributed by atoms with van der Waals surface area (Å²) in [4.78, 5) is 23.6. The smallest absolute Gasteiger partial charge is 0.390 e. The number of nitrogens with two attached hydrogens (primary N) is 1. The van der Waals surface area contributed by atoms with Crippen LogP contribution in [0, 0.1) is 0 Å². The third-order valence-corrected chi connectivity index (χ3v) is 4.22. The molecule has 0 amide bonds. The molecule has 4 atom stereocenters. The molecule has 11 nitrogen and oxygen atoms in total. The van der Waals surface area contributed by atoms with Crippen molar-refractivity contribution in [2.45, 2.75) is 31.0 Å². The second-order valence-electron chi connectivity index (χ2n) is 5.19. The summed E-state index contributed by atoms with van der Waals surface area (Å²) < 4.78 is 20.8. The van der Waals surface area contributed by atoms with Gasteiger partial charge in [-0.1, -0.05) is 0 Å². The van der Waals surface area contributed by atoms with Crippen molar-refractivity contribution in [3.63, 3.8) is 0 Å². The van der Waals surface area contributed by atoms with Crippen LogP contribution in [-0.4, -0.2) is 64.0 Å². The van der Waals surface area contributed by atoms with E-state index in [2.05, 4.69) is 20.1 Å². The fraction of sp³-hybridized carbons (Fsp3) is 0.700. The number of aliphatic hydroxyl groups is 1. The highest BCUT2D eigenvalue weighted by atomic mass is 31.2. The highest BCUT2D eigenvalue weighted by Gasteiger charge is 2.44. The SMILES string of the molecule is NC1=C2NCN([C@H]3C[C@H](O)[C@@H](COP(=O)(O)O)O3)C2N=CN1. The molecule has 0 saturated carbocycles. The Bertz CT molecular complexity index is 550. The summed E-state index contributed by atoms with van der Waals surface area (Å²) in [5.74, 6) is 0.474. The minimum atomic E-state index is -4.59. The maximum atomic E-state index is 10.7. The molecule has 3 aliphatic heterocycles. The molecular weight excluding hydrogens is 317 g/mol. The Kier molecular flexibility index (Phi) is 4.12. The number of fused-ring (bicyclic) bond motifs is 1. The highest BCUT2D eigenvalue weighted by Crippen LogP contribution is 2.38. The summed E-state index contributed by atoms with van der Waals surface area (Å²) in [7, 11) is -4.59. The Hall–Kier alpha value is -1.20. The van der Waals surface area contributed by atoms with E-state index in [9.17, 15) is 9.67 Å². The van der Waals surface area contributed by atoms with Gasteiger partial charge in [-0.3, -0.25) is 4.52 Å². The number of ether oxygens (including phenoxy) is 1. The number of nitrogens with zero attached hydrogens (tertiary/aromatic N) is 2. The van der Waals surface area contributed by atoms with Gasteiger partial charge in [-0.15, -0.1) is 0 Å².